The molecule has 0 unspecified atom stereocenters. The highest BCUT2D eigenvalue weighted by Crippen LogP contribution is 2.34. The molecule has 8 nitrogen and oxygen atoms in total. The number of hydrogen-bond donors (Lipinski definition) is 1. The Morgan fingerprint density at radius 2 is 1.79 bits per heavy atom. The third-order valence-electron chi connectivity index (χ3n) is 6.52. The van der Waals surface area contributed by atoms with Crippen LogP contribution in [0, 0.1) is 0 Å². The Hall–Kier alpha value is -2.59. The zero-order chi connectivity index (χ0) is 22.6. The van der Waals surface area contributed by atoms with E-state index in [0.29, 0.717) is 5.82 Å². The molecule has 1 N–H and O–H groups in total. The van der Waals surface area contributed by atoms with Crippen LogP contribution in [0.4, 0.5) is 0 Å². The van der Waals surface area contributed by atoms with Gasteiger partial charge in [0.05, 0.1) is 4.88 Å². The molecule has 2 aliphatic rings. The van der Waals surface area contributed by atoms with Gasteiger partial charge < -0.3 is 10.2 Å². The Bertz CT molecular complexity index is 1050. The van der Waals surface area contributed by atoms with Gasteiger partial charge in [-0.1, -0.05) is 37.8 Å². The minimum absolute atomic E-state index is 0.0343. The van der Waals surface area contributed by atoms with Gasteiger partial charge in [-0.15, -0.1) is 32.9 Å². The van der Waals surface area contributed by atoms with Crippen LogP contribution in [0.25, 0.3) is 10.7 Å². The number of carbonyl (C=O) groups excluding carboxylic acids is 2. The van der Waals surface area contributed by atoms with E-state index in [-0.39, 0.29) is 30.4 Å². The van der Waals surface area contributed by atoms with Crippen LogP contribution in [0.5, 0.6) is 0 Å². The van der Waals surface area contributed by atoms with Crippen LogP contribution >= 0.6 is 22.7 Å². The predicted molar refractivity (Wildman–Crippen MR) is 128 cm³/mol. The second-order valence-corrected chi connectivity index (χ2v) is 10.7. The predicted octanol–water partition coefficient (Wildman–Crippen LogP) is 4.03. The van der Waals surface area contributed by atoms with Crippen molar-refractivity contribution in [3.8, 4) is 10.7 Å². The van der Waals surface area contributed by atoms with E-state index in [1.54, 1.807) is 0 Å². The summed E-state index contributed by atoms with van der Waals surface area (Å²) in [5.41, 5.74) is 0. The van der Waals surface area contributed by atoms with Crippen molar-refractivity contribution in [2.75, 3.05) is 0 Å². The molecule has 0 bridgehead atoms. The molecule has 3 aromatic heterocycles. The van der Waals surface area contributed by atoms with Crippen LogP contribution in [-0.2, 0) is 16.1 Å². The molecule has 0 spiro atoms. The van der Waals surface area contributed by atoms with Crippen molar-refractivity contribution in [3.05, 3.63) is 39.9 Å². The lowest BCUT2D eigenvalue weighted by molar-refractivity contribution is -0.144. The molecular weight excluding hydrogens is 456 g/mol. The largest absolute Gasteiger partial charge is 0.351 e. The summed E-state index contributed by atoms with van der Waals surface area (Å²) in [5.74, 6) is 0.298. The maximum Gasteiger partial charge on any atom is 0.248 e. The molecule has 2 amide bonds. The van der Waals surface area contributed by atoms with Crippen molar-refractivity contribution < 1.29 is 9.59 Å². The Kier molecular flexibility index (Phi) is 6.82. The lowest BCUT2D eigenvalue weighted by Crippen LogP contribution is -2.50. The third-order valence-corrected chi connectivity index (χ3v) is 8.31. The lowest BCUT2D eigenvalue weighted by Gasteiger charge is -2.35. The zero-order valence-electron chi connectivity index (χ0n) is 18.4. The molecule has 174 valence electrons. The van der Waals surface area contributed by atoms with Crippen molar-refractivity contribution in [1.29, 1.82) is 0 Å². The quantitative estimate of drug-likeness (QED) is 0.521. The summed E-state index contributed by atoms with van der Waals surface area (Å²) in [4.78, 5) is 32.2. The molecule has 33 heavy (non-hydrogen) atoms. The fourth-order valence-corrected chi connectivity index (χ4v) is 6.42. The van der Waals surface area contributed by atoms with Gasteiger partial charge in [0.15, 0.2) is 0 Å². The van der Waals surface area contributed by atoms with E-state index in [1.807, 2.05) is 39.9 Å². The molecule has 2 saturated carbocycles. The first-order chi connectivity index (χ1) is 16.2. The maximum absolute atomic E-state index is 13.7. The van der Waals surface area contributed by atoms with Crippen LogP contribution in [0.2, 0.25) is 0 Å². The minimum atomic E-state index is -0.624. The second kappa shape index (κ2) is 10.1. The van der Waals surface area contributed by atoms with Crippen molar-refractivity contribution in [2.45, 2.75) is 76.0 Å². The van der Waals surface area contributed by atoms with Crippen LogP contribution in [0.3, 0.4) is 0 Å². The molecule has 0 saturated heterocycles. The van der Waals surface area contributed by atoms with Gasteiger partial charge in [-0.3, -0.25) is 9.59 Å². The molecule has 3 heterocycles. The van der Waals surface area contributed by atoms with Crippen LogP contribution in [-0.4, -0.2) is 49.0 Å². The van der Waals surface area contributed by atoms with E-state index in [2.05, 4.69) is 20.7 Å². The van der Waals surface area contributed by atoms with E-state index in [0.717, 1.165) is 61.1 Å². The van der Waals surface area contributed by atoms with Gasteiger partial charge in [-0.2, -0.15) is 4.80 Å². The number of carbonyl (C=O) groups is 2. The fraction of sp³-hybridized carbons (Fsp3) is 0.522. The highest BCUT2D eigenvalue weighted by molar-refractivity contribution is 7.13. The Morgan fingerprint density at radius 3 is 2.48 bits per heavy atom. The molecule has 2 fully saturated rings. The normalized spacial score (nSPS) is 17.9. The van der Waals surface area contributed by atoms with E-state index < -0.39 is 6.04 Å². The summed E-state index contributed by atoms with van der Waals surface area (Å²) in [6, 6.07) is 7.38. The smallest absolute Gasteiger partial charge is 0.248 e. The highest BCUT2D eigenvalue weighted by atomic mass is 32.1. The first kappa shape index (κ1) is 22.2. The monoisotopic (exact) mass is 484 g/mol. The van der Waals surface area contributed by atoms with E-state index in [9.17, 15) is 9.59 Å². The molecule has 0 radical (unpaired) electrons. The van der Waals surface area contributed by atoms with E-state index in [1.165, 1.54) is 27.5 Å². The SMILES string of the molecule is O=C(NC1CCCC1)[C@H](c1cccs1)N(C(=O)Cn1nnc(-c2cccs2)n1)C1CCCC1. The Balaban J connectivity index is 1.41. The minimum Gasteiger partial charge on any atom is -0.351 e. The third kappa shape index (κ3) is 5.01. The van der Waals surface area contributed by atoms with Crippen molar-refractivity contribution in [3.63, 3.8) is 0 Å². The van der Waals surface area contributed by atoms with Crippen LogP contribution in [0.15, 0.2) is 35.0 Å². The summed E-state index contributed by atoms with van der Waals surface area (Å²) >= 11 is 3.06. The molecule has 0 aromatic carbocycles. The standard InChI is InChI=1S/C23H28N6O2S2/c30-20(15-28-26-22(25-27-28)19-12-6-14-33-19)29(17-9-3-4-10-17)21(18-11-5-13-32-18)23(31)24-16-7-1-2-8-16/h5-6,11-14,16-17,21H,1-4,7-10,15H2,(H,24,31)/t21-/m0/s1. The number of hydrogen-bond acceptors (Lipinski definition) is 7. The first-order valence-electron chi connectivity index (χ1n) is 11.7. The number of thiophene rings is 2. The van der Waals surface area contributed by atoms with Crippen LogP contribution in [0.1, 0.15) is 62.3 Å². The zero-order valence-corrected chi connectivity index (χ0v) is 20.1. The molecule has 1 atom stereocenters. The van der Waals surface area contributed by atoms with Crippen molar-refractivity contribution >= 4 is 34.5 Å². The van der Waals surface area contributed by atoms with Gasteiger partial charge in [0.25, 0.3) is 0 Å². The van der Waals surface area contributed by atoms with Crippen molar-refractivity contribution in [1.82, 2.24) is 30.4 Å². The molecule has 5 rings (SSSR count). The number of nitrogens with zero attached hydrogens (tertiary/aromatic N) is 5. The van der Waals surface area contributed by atoms with Gasteiger partial charge in [0.1, 0.15) is 12.6 Å². The average Bonchev–Trinajstić information content (AvgIpc) is 3.61. The number of aromatic nitrogens is 4. The maximum atomic E-state index is 13.7. The fourth-order valence-electron chi connectivity index (χ4n) is 4.95. The second-order valence-electron chi connectivity index (χ2n) is 8.77. The number of rotatable bonds is 8. The van der Waals surface area contributed by atoms with Gasteiger partial charge >= 0.3 is 0 Å². The lowest BCUT2D eigenvalue weighted by atomic mass is 10.1. The van der Waals surface area contributed by atoms with Gasteiger partial charge in [0, 0.05) is 17.0 Å². The highest BCUT2D eigenvalue weighted by Gasteiger charge is 2.39. The van der Waals surface area contributed by atoms with Gasteiger partial charge in [0.2, 0.25) is 17.6 Å². The topological polar surface area (TPSA) is 93.0 Å². The average molecular weight is 485 g/mol. The number of tetrazole rings is 1. The summed E-state index contributed by atoms with van der Waals surface area (Å²) < 4.78 is 0. The van der Waals surface area contributed by atoms with Crippen LogP contribution < -0.4 is 5.32 Å². The summed E-state index contributed by atoms with van der Waals surface area (Å²) in [7, 11) is 0. The van der Waals surface area contributed by atoms with Gasteiger partial charge in [-0.05, 0) is 53.8 Å². The molecule has 0 aliphatic heterocycles. The Labute approximate surface area is 201 Å². The number of amides is 2. The van der Waals surface area contributed by atoms with E-state index in [4.69, 9.17) is 0 Å². The van der Waals surface area contributed by atoms with Gasteiger partial charge in [-0.25, -0.2) is 0 Å². The summed E-state index contributed by atoms with van der Waals surface area (Å²) in [5, 5.41) is 19.8. The Morgan fingerprint density at radius 1 is 1.06 bits per heavy atom. The molecule has 10 heteroatoms. The van der Waals surface area contributed by atoms with E-state index >= 15 is 0 Å². The summed E-state index contributed by atoms with van der Waals surface area (Å²) in [6.45, 7) is -0.0343. The summed E-state index contributed by atoms with van der Waals surface area (Å²) in [6.07, 6.45) is 8.27. The first-order valence-corrected chi connectivity index (χ1v) is 13.4. The molecule has 3 aromatic rings. The number of nitrogens with one attached hydrogen (secondary N) is 1. The van der Waals surface area contributed by atoms with Crippen molar-refractivity contribution in [2.24, 2.45) is 0 Å². The molecular formula is C23H28N6O2S2. The molecule has 2 aliphatic carbocycles.